The topological polar surface area (TPSA) is 78.5 Å². The summed E-state index contributed by atoms with van der Waals surface area (Å²) in [5.74, 6) is 1.29. The molecule has 1 unspecified atom stereocenters. The van der Waals surface area contributed by atoms with Crippen molar-refractivity contribution in [2.24, 2.45) is 17.8 Å². The summed E-state index contributed by atoms with van der Waals surface area (Å²) in [6.07, 6.45) is 8.60. The summed E-state index contributed by atoms with van der Waals surface area (Å²) < 4.78 is 5.31. The number of hydrogen-bond acceptors (Lipinski definition) is 5. The number of pyridine rings is 1. The van der Waals surface area contributed by atoms with Gasteiger partial charge in [0.1, 0.15) is 11.2 Å². The van der Waals surface area contributed by atoms with Gasteiger partial charge < -0.3 is 19.7 Å². The summed E-state index contributed by atoms with van der Waals surface area (Å²) in [4.78, 5) is 22.5. The van der Waals surface area contributed by atoms with Gasteiger partial charge in [0.15, 0.2) is 0 Å². The van der Waals surface area contributed by atoms with Crippen LogP contribution in [-0.2, 0) is 4.74 Å². The van der Waals surface area contributed by atoms with Crippen LogP contribution in [0.2, 0.25) is 0 Å². The fraction of sp³-hybridized carbons (Fsp3) is 0.619. The van der Waals surface area contributed by atoms with Gasteiger partial charge in [-0.15, -0.1) is 0 Å². The molecule has 0 radical (unpaired) electrons. The van der Waals surface area contributed by atoms with Gasteiger partial charge in [-0.3, -0.25) is 0 Å². The Morgan fingerprint density at radius 1 is 1.37 bits per heavy atom. The number of carbonyl (C=O) groups is 1. The van der Waals surface area contributed by atoms with Crippen LogP contribution in [0.1, 0.15) is 49.4 Å². The van der Waals surface area contributed by atoms with Gasteiger partial charge in [-0.2, -0.15) is 0 Å². The minimum absolute atomic E-state index is 0.322. The van der Waals surface area contributed by atoms with Crippen molar-refractivity contribution in [3.8, 4) is 0 Å². The number of aromatic amines is 1. The lowest BCUT2D eigenvalue weighted by molar-refractivity contribution is -0.133. The molecule has 4 aliphatic rings. The van der Waals surface area contributed by atoms with Crippen molar-refractivity contribution < 1.29 is 14.6 Å². The molecule has 0 amide bonds. The summed E-state index contributed by atoms with van der Waals surface area (Å²) in [5, 5.41) is 11.9. The Hall–Kier alpha value is -2.08. The zero-order chi connectivity index (χ0) is 18.8. The molecule has 4 fully saturated rings. The molecule has 4 saturated carbocycles. The van der Waals surface area contributed by atoms with E-state index in [0.29, 0.717) is 36.0 Å². The molecule has 27 heavy (non-hydrogen) atoms. The van der Waals surface area contributed by atoms with Gasteiger partial charge in [-0.25, -0.2) is 9.78 Å². The molecule has 0 aliphatic heterocycles. The number of nitrogens with one attached hydrogen (secondary N) is 1. The Labute approximate surface area is 158 Å². The fourth-order valence-electron chi connectivity index (χ4n) is 6.47. The van der Waals surface area contributed by atoms with Gasteiger partial charge in [-0.05, 0) is 62.8 Å². The van der Waals surface area contributed by atoms with Gasteiger partial charge in [-0.1, -0.05) is 0 Å². The number of aromatic nitrogens is 2. The van der Waals surface area contributed by atoms with Crippen LogP contribution in [0.25, 0.3) is 11.0 Å². The van der Waals surface area contributed by atoms with Crippen LogP contribution in [0.15, 0.2) is 18.5 Å². The van der Waals surface area contributed by atoms with Crippen LogP contribution in [0.3, 0.4) is 0 Å². The van der Waals surface area contributed by atoms with Gasteiger partial charge in [0.2, 0.25) is 0 Å². The van der Waals surface area contributed by atoms with Gasteiger partial charge >= 0.3 is 5.97 Å². The molecule has 4 bridgehead atoms. The van der Waals surface area contributed by atoms with Crippen LogP contribution in [0.4, 0.5) is 5.69 Å². The maximum atomic E-state index is 12.6. The summed E-state index contributed by atoms with van der Waals surface area (Å²) >= 11 is 0. The highest BCUT2D eigenvalue weighted by Crippen LogP contribution is 2.57. The van der Waals surface area contributed by atoms with E-state index in [1.807, 2.05) is 19.2 Å². The SMILES string of the molecule is CCOC(=O)c1cnc2[nH]ccc2c1N(C)C1[C@@H]2C[C@@H]3C[C@H]1C[C@@](O)(C3)C2. The first-order chi connectivity index (χ1) is 13.0. The molecule has 6 heteroatoms. The van der Waals surface area contributed by atoms with E-state index in [-0.39, 0.29) is 5.97 Å². The van der Waals surface area contributed by atoms with Crippen molar-refractivity contribution in [3.05, 3.63) is 24.0 Å². The number of anilines is 1. The van der Waals surface area contributed by atoms with Crippen LogP contribution < -0.4 is 4.90 Å². The molecule has 0 aromatic carbocycles. The Bertz CT molecular complexity index is 876. The number of ether oxygens (including phenoxy) is 1. The molecule has 4 aliphatic carbocycles. The normalized spacial score (nSPS) is 34.2. The molecule has 2 aromatic heterocycles. The lowest BCUT2D eigenvalue weighted by Gasteiger charge is -2.60. The predicted molar refractivity (Wildman–Crippen MR) is 103 cm³/mol. The summed E-state index contributed by atoms with van der Waals surface area (Å²) in [6, 6.07) is 2.33. The van der Waals surface area contributed by atoms with E-state index in [9.17, 15) is 9.90 Å². The molecule has 6 nitrogen and oxygen atoms in total. The first-order valence-corrected chi connectivity index (χ1v) is 10.1. The number of fused-ring (bicyclic) bond motifs is 1. The van der Waals surface area contributed by atoms with Crippen molar-refractivity contribution in [2.45, 2.75) is 50.7 Å². The smallest absolute Gasteiger partial charge is 0.341 e. The van der Waals surface area contributed by atoms with Crippen molar-refractivity contribution in [1.82, 2.24) is 9.97 Å². The third-order valence-electron chi connectivity index (χ3n) is 7.04. The zero-order valence-electron chi connectivity index (χ0n) is 15.9. The van der Waals surface area contributed by atoms with Crippen LogP contribution >= 0.6 is 0 Å². The van der Waals surface area contributed by atoms with Gasteiger partial charge in [0, 0.05) is 30.9 Å². The lowest BCUT2D eigenvalue weighted by atomic mass is 9.52. The van der Waals surface area contributed by atoms with E-state index in [2.05, 4.69) is 21.9 Å². The number of carbonyl (C=O) groups excluding carboxylic acids is 1. The van der Waals surface area contributed by atoms with E-state index in [4.69, 9.17) is 4.74 Å². The molecular weight excluding hydrogens is 342 g/mol. The quantitative estimate of drug-likeness (QED) is 0.810. The van der Waals surface area contributed by atoms with Crippen molar-refractivity contribution in [3.63, 3.8) is 0 Å². The van der Waals surface area contributed by atoms with Crippen LogP contribution in [0, 0.1) is 17.8 Å². The number of aliphatic hydroxyl groups is 1. The Balaban J connectivity index is 1.58. The van der Waals surface area contributed by atoms with Crippen LogP contribution in [0.5, 0.6) is 0 Å². The van der Waals surface area contributed by atoms with Crippen molar-refractivity contribution in [2.75, 3.05) is 18.6 Å². The largest absolute Gasteiger partial charge is 0.462 e. The summed E-state index contributed by atoms with van der Waals surface area (Å²) in [7, 11) is 2.10. The number of nitrogens with zero attached hydrogens (tertiary/aromatic N) is 2. The molecule has 2 N–H and O–H groups in total. The number of hydrogen-bond donors (Lipinski definition) is 2. The lowest BCUT2D eigenvalue weighted by Crippen LogP contribution is -2.61. The van der Waals surface area contributed by atoms with Crippen molar-refractivity contribution in [1.29, 1.82) is 0 Å². The maximum absolute atomic E-state index is 12.6. The van der Waals surface area contributed by atoms with Crippen LogP contribution in [-0.4, -0.2) is 46.3 Å². The average molecular weight is 369 g/mol. The second kappa shape index (κ2) is 5.96. The second-order valence-corrected chi connectivity index (χ2v) is 8.78. The highest BCUT2D eigenvalue weighted by atomic mass is 16.5. The molecule has 2 heterocycles. The molecule has 0 saturated heterocycles. The summed E-state index contributed by atoms with van der Waals surface area (Å²) in [6.45, 7) is 2.17. The standard InChI is InChI=1S/C21H27N3O3/c1-3-27-20(25)16-11-23-19-15(4-5-22-19)18(16)24(2)17-13-6-12-7-14(17)10-21(26,8-12)9-13/h4-5,11-14,17,26H,3,6-10H2,1-2H3,(H,22,23)/t12-,13-,14+,17?,21-. The Morgan fingerprint density at radius 3 is 2.78 bits per heavy atom. The highest BCUT2D eigenvalue weighted by Gasteiger charge is 2.56. The third kappa shape index (κ3) is 2.57. The Morgan fingerprint density at radius 2 is 2.11 bits per heavy atom. The third-order valence-corrected chi connectivity index (χ3v) is 7.04. The van der Waals surface area contributed by atoms with Gasteiger partial charge in [0.05, 0.1) is 17.9 Å². The maximum Gasteiger partial charge on any atom is 0.341 e. The monoisotopic (exact) mass is 369 g/mol. The molecule has 5 atom stereocenters. The molecular formula is C21H27N3O3. The van der Waals surface area contributed by atoms with E-state index in [1.54, 1.807) is 6.20 Å². The zero-order valence-corrected chi connectivity index (χ0v) is 15.9. The molecule has 2 aromatic rings. The first kappa shape index (κ1) is 17.0. The molecule has 0 spiro atoms. The molecule has 144 valence electrons. The average Bonchev–Trinajstić information content (AvgIpc) is 3.07. The van der Waals surface area contributed by atoms with Gasteiger partial charge in [0.25, 0.3) is 0 Å². The van der Waals surface area contributed by atoms with E-state index >= 15 is 0 Å². The van der Waals surface area contributed by atoms with Crippen molar-refractivity contribution >= 4 is 22.7 Å². The van der Waals surface area contributed by atoms with E-state index in [0.717, 1.165) is 36.0 Å². The van der Waals surface area contributed by atoms with E-state index in [1.165, 1.54) is 12.8 Å². The predicted octanol–water partition coefficient (Wildman–Crippen LogP) is 3.12. The second-order valence-electron chi connectivity index (χ2n) is 8.78. The number of esters is 1. The molecule has 6 rings (SSSR count). The number of rotatable bonds is 4. The Kier molecular flexibility index (Phi) is 3.76. The van der Waals surface area contributed by atoms with E-state index < -0.39 is 5.60 Å². The fourth-order valence-corrected chi connectivity index (χ4v) is 6.47. The number of H-pyrrole nitrogens is 1. The highest BCUT2D eigenvalue weighted by molar-refractivity contribution is 6.04. The minimum atomic E-state index is -0.459. The summed E-state index contributed by atoms with van der Waals surface area (Å²) in [5.41, 5.74) is 1.76. The first-order valence-electron chi connectivity index (χ1n) is 10.1. The minimum Gasteiger partial charge on any atom is -0.462 e.